The lowest BCUT2D eigenvalue weighted by Gasteiger charge is -2.23. The first-order valence-corrected chi connectivity index (χ1v) is 5.77. The molecule has 1 amide bonds. The zero-order valence-electron chi connectivity index (χ0n) is 11.2. The van der Waals surface area contributed by atoms with Crippen molar-refractivity contribution in [2.24, 2.45) is 11.7 Å². The number of likely N-dealkylation sites (N-methyl/N-ethyl adjacent to an activating group) is 1. The second kappa shape index (κ2) is 7.40. The highest BCUT2D eigenvalue weighted by molar-refractivity contribution is 5.85. The minimum absolute atomic E-state index is 0. The molecule has 108 valence electrons. The molecular weight excluding hydrogens is 274 g/mol. The molecule has 1 aromatic rings. The summed E-state index contributed by atoms with van der Waals surface area (Å²) in [5, 5.41) is 0. The molecule has 0 saturated carbocycles. The van der Waals surface area contributed by atoms with Crippen LogP contribution in [0.5, 0.6) is 0 Å². The van der Waals surface area contributed by atoms with Gasteiger partial charge in [-0.25, -0.2) is 8.78 Å². The van der Waals surface area contributed by atoms with Crippen LogP contribution in [0, 0.1) is 17.6 Å². The molecule has 3 nitrogen and oxygen atoms in total. The Bertz CT molecular complexity index is 441. The lowest BCUT2D eigenvalue weighted by molar-refractivity contribution is -0.132. The average molecular weight is 293 g/mol. The fraction of sp³-hybridized carbons (Fsp3) is 0.462. The van der Waals surface area contributed by atoms with E-state index in [0.717, 1.165) is 6.07 Å². The quantitative estimate of drug-likeness (QED) is 0.926. The lowest BCUT2D eigenvalue weighted by Crippen LogP contribution is -2.44. The minimum Gasteiger partial charge on any atom is -0.340 e. The lowest BCUT2D eigenvalue weighted by atomic mass is 10.0. The second-order valence-electron chi connectivity index (χ2n) is 4.70. The molecule has 1 rings (SSSR count). The first-order chi connectivity index (χ1) is 8.32. The van der Waals surface area contributed by atoms with Gasteiger partial charge >= 0.3 is 0 Å². The van der Waals surface area contributed by atoms with E-state index in [0.29, 0.717) is 0 Å². The van der Waals surface area contributed by atoms with Gasteiger partial charge in [0, 0.05) is 25.2 Å². The molecule has 0 aliphatic rings. The number of benzene rings is 1. The number of hydrogen-bond acceptors (Lipinski definition) is 2. The van der Waals surface area contributed by atoms with Gasteiger partial charge in [-0.2, -0.15) is 0 Å². The van der Waals surface area contributed by atoms with Crippen molar-refractivity contribution in [1.29, 1.82) is 0 Å². The summed E-state index contributed by atoms with van der Waals surface area (Å²) in [5.74, 6) is -1.54. The fourth-order valence-corrected chi connectivity index (χ4v) is 1.52. The maximum atomic E-state index is 13.4. The Morgan fingerprint density at radius 3 is 2.42 bits per heavy atom. The SMILES string of the molecule is CC(C)[C@@H](N)C(=O)N(C)Cc1ccc(F)cc1F.Cl. The van der Waals surface area contributed by atoms with E-state index in [1.54, 1.807) is 7.05 Å². The minimum atomic E-state index is -0.659. The Hall–Kier alpha value is -1.20. The van der Waals surface area contributed by atoms with Gasteiger partial charge in [0.15, 0.2) is 0 Å². The standard InChI is InChI=1S/C13H18F2N2O.ClH/c1-8(2)12(16)13(18)17(3)7-9-4-5-10(14)6-11(9)15;/h4-6,8,12H,7,16H2,1-3H3;1H/t12-;/m1./s1. The molecule has 2 N–H and O–H groups in total. The van der Waals surface area contributed by atoms with Crippen LogP contribution in [0.2, 0.25) is 0 Å². The highest BCUT2D eigenvalue weighted by Gasteiger charge is 2.21. The molecule has 1 atom stereocenters. The van der Waals surface area contributed by atoms with Crippen LogP contribution in [-0.4, -0.2) is 23.9 Å². The van der Waals surface area contributed by atoms with E-state index in [9.17, 15) is 13.6 Å². The van der Waals surface area contributed by atoms with Crippen molar-refractivity contribution < 1.29 is 13.6 Å². The van der Waals surface area contributed by atoms with Crippen molar-refractivity contribution in [3.8, 4) is 0 Å². The number of nitrogens with two attached hydrogens (primary N) is 1. The smallest absolute Gasteiger partial charge is 0.239 e. The number of hydrogen-bond donors (Lipinski definition) is 1. The van der Waals surface area contributed by atoms with E-state index in [1.807, 2.05) is 13.8 Å². The van der Waals surface area contributed by atoms with Gasteiger partial charge < -0.3 is 10.6 Å². The number of carbonyl (C=O) groups excluding carboxylic acids is 1. The van der Waals surface area contributed by atoms with Gasteiger partial charge in [-0.15, -0.1) is 12.4 Å². The molecule has 1 aromatic carbocycles. The summed E-state index contributed by atoms with van der Waals surface area (Å²) in [7, 11) is 1.55. The van der Waals surface area contributed by atoms with Crippen LogP contribution in [0.25, 0.3) is 0 Å². The van der Waals surface area contributed by atoms with E-state index in [1.165, 1.54) is 17.0 Å². The highest BCUT2D eigenvalue weighted by Crippen LogP contribution is 2.12. The van der Waals surface area contributed by atoms with Crippen LogP contribution in [0.4, 0.5) is 8.78 Å². The third-order valence-electron chi connectivity index (χ3n) is 2.80. The maximum Gasteiger partial charge on any atom is 0.239 e. The van der Waals surface area contributed by atoms with E-state index < -0.39 is 17.7 Å². The van der Waals surface area contributed by atoms with Crippen LogP contribution in [0.15, 0.2) is 18.2 Å². The number of carbonyl (C=O) groups is 1. The predicted molar refractivity (Wildman–Crippen MR) is 72.9 cm³/mol. The van der Waals surface area contributed by atoms with E-state index in [2.05, 4.69) is 0 Å². The Balaban J connectivity index is 0.00000324. The second-order valence-corrected chi connectivity index (χ2v) is 4.70. The number of halogens is 3. The van der Waals surface area contributed by atoms with Gasteiger partial charge in [0.1, 0.15) is 11.6 Å². The summed E-state index contributed by atoms with van der Waals surface area (Å²) >= 11 is 0. The Morgan fingerprint density at radius 2 is 1.95 bits per heavy atom. The van der Waals surface area contributed by atoms with Gasteiger partial charge in [0.2, 0.25) is 5.91 Å². The molecule has 0 radical (unpaired) electrons. The number of nitrogens with zero attached hydrogens (tertiary/aromatic N) is 1. The van der Waals surface area contributed by atoms with E-state index in [-0.39, 0.29) is 36.3 Å². The first-order valence-electron chi connectivity index (χ1n) is 5.77. The summed E-state index contributed by atoms with van der Waals surface area (Å²) < 4.78 is 26.2. The van der Waals surface area contributed by atoms with Crippen molar-refractivity contribution in [2.45, 2.75) is 26.4 Å². The highest BCUT2D eigenvalue weighted by atomic mass is 35.5. The third-order valence-corrected chi connectivity index (χ3v) is 2.80. The summed E-state index contributed by atoms with van der Waals surface area (Å²) in [6.07, 6.45) is 0. The van der Waals surface area contributed by atoms with Crippen LogP contribution in [-0.2, 0) is 11.3 Å². The van der Waals surface area contributed by atoms with Gasteiger partial charge in [-0.1, -0.05) is 19.9 Å². The zero-order valence-corrected chi connectivity index (χ0v) is 12.0. The monoisotopic (exact) mass is 292 g/mol. The molecule has 19 heavy (non-hydrogen) atoms. The predicted octanol–water partition coefficient (Wildman–Crippen LogP) is 2.33. The number of amides is 1. The van der Waals surface area contributed by atoms with Crippen LogP contribution in [0.1, 0.15) is 19.4 Å². The van der Waals surface area contributed by atoms with Gasteiger partial charge in [-0.05, 0) is 12.0 Å². The largest absolute Gasteiger partial charge is 0.340 e. The molecule has 0 fully saturated rings. The van der Waals surface area contributed by atoms with E-state index >= 15 is 0 Å². The summed E-state index contributed by atoms with van der Waals surface area (Å²) in [6.45, 7) is 3.76. The van der Waals surface area contributed by atoms with Crippen molar-refractivity contribution in [2.75, 3.05) is 7.05 Å². The molecule has 0 aromatic heterocycles. The van der Waals surface area contributed by atoms with Gasteiger partial charge in [0.05, 0.1) is 6.04 Å². The third kappa shape index (κ3) is 4.76. The van der Waals surface area contributed by atoms with Crippen LogP contribution < -0.4 is 5.73 Å². The van der Waals surface area contributed by atoms with Crippen LogP contribution in [0.3, 0.4) is 0 Å². The summed E-state index contributed by atoms with van der Waals surface area (Å²) in [4.78, 5) is 13.2. The van der Waals surface area contributed by atoms with Crippen LogP contribution >= 0.6 is 12.4 Å². The molecule has 0 spiro atoms. The molecule has 0 aliphatic carbocycles. The molecule has 6 heteroatoms. The topological polar surface area (TPSA) is 46.3 Å². The van der Waals surface area contributed by atoms with Gasteiger partial charge in [-0.3, -0.25) is 4.79 Å². The fourth-order valence-electron chi connectivity index (χ4n) is 1.52. The molecule has 0 aliphatic heterocycles. The molecule has 0 unspecified atom stereocenters. The van der Waals surface area contributed by atoms with Crippen molar-refractivity contribution in [3.63, 3.8) is 0 Å². The Kier molecular flexibility index (Phi) is 6.94. The van der Waals surface area contributed by atoms with Gasteiger partial charge in [0.25, 0.3) is 0 Å². The first kappa shape index (κ1) is 17.8. The van der Waals surface area contributed by atoms with Crippen molar-refractivity contribution in [1.82, 2.24) is 4.90 Å². The average Bonchev–Trinajstić information content (AvgIpc) is 2.30. The van der Waals surface area contributed by atoms with E-state index in [4.69, 9.17) is 5.73 Å². The maximum absolute atomic E-state index is 13.4. The van der Waals surface area contributed by atoms with Crippen molar-refractivity contribution in [3.05, 3.63) is 35.4 Å². The Morgan fingerprint density at radius 1 is 1.37 bits per heavy atom. The van der Waals surface area contributed by atoms with Crippen molar-refractivity contribution >= 4 is 18.3 Å². The number of rotatable bonds is 4. The normalized spacial score (nSPS) is 11.9. The molecule has 0 saturated heterocycles. The summed E-state index contributed by atoms with van der Waals surface area (Å²) in [6, 6.07) is 2.68. The molecular formula is C13H19ClF2N2O. The molecule has 0 bridgehead atoms. The Labute approximate surface area is 118 Å². The zero-order chi connectivity index (χ0) is 13.9. The molecule has 0 heterocycles. The summed E-state index contributed by atoms with van der Waals surface area (Å²) in [5.41, 5.74) is 6.00.